The molecule has 0 unspecified atom stereocenters. The van der Waals surface area contributed by atoms with Gasteiger partial charge >= 0.3 is 0 Å². The number of nitrogens with zero attached hydrogens (tertiary/aromatic N) is 1. The molecule has 5 nitrogen and oxygen atoms in total. The highest BCUT2D eigenvalue weighted by Gasteiger charge is 2.11. The molecule has 0 saturated carbocycles. The molecule has 3 N–H and O–H groups in total. The van der Waals surface area contributed by atoms with Gasteiger partial charge in [-0.15, -0.1) is 0 Å². The second-order valence-corrected chi connectivity index (χ2v) is 4.84. The molecular formula is C16H12N4O. The van der Waals surface area contributed by atoms with Gasteiger partial charge < -0.3 is 15.3 Å². The van der Waals surface area contributed by atoms with Crippen molar-refractivity contribution in [2.24, 2.45) is 0 Å². The predicted molar refractivity (Wildman–Crippen MR) is 82.3 cm³/mol. The van der Waals surface area contributed by atoms with E-state index in [0.717, 1.165) is 27.6 Å². The van der Waals surface area contributed by atoms with Crippen LogP contribution in [0.5, 0.6) is 0 Å². The summed E-state index contributed by atoms with van der Waals surface area (Å²) in [5.74, 6) is -0.137. The summed E-state index contributed by atoms with van der Waals surface area (Å²) >= 11 is 0. The third kappa shape index (κ3) is 1.95. The Labute approximate surface area is 120 Å². The standard InChI is InChI=1S/C16H12N4O/c21-16(12-3-1-2-10-6-7-17-15(10)12)20-11-4-5-13-14(8-11)19-9-18-13/h1-9,17H,(H,18,19)(H,20,21). The summed E-state index contributed by atoms with van der Waals surface area (Å²) in [4.78, 5) is 22.7. The van der Waals surface area contributed by atoms with Crippen LogP contribution in [0.15, 0.2) is 55.0 Å². The van der Waals surface area contributed by atoms with Crippen molar-refractivity contribution >= 4 is 33.5 Å². The number of para-hydroxylation sites is 1. The third-order valence-corrected chi connectivity index (χ3v) is 3.51. The number of rotatable bonds is 2. The lowest BCUT2D eigenvalue weighted by Gasteiger charge is -2.06. The smallest absolute Gasteiger partial charge is 0.257 e. The molecule has 0 atom stereocenters. The summed E-state index contributed by atoms with van der Waals surface area (Å²) in [5, 5.41) is 3.94. The highest BCUT2D eigenvalue weighted by molar-refractivity contribution is 6.12. The highest BCUT2D eigenvalue weighted by atomic mass is 16.1. The average Bonchev–Trinajstić information content (AvgIpc) is 3.14. The number of carbonyl (C=O) groups excluding carboxylic acids is 1. The lowest BCUT2D eigenvalue weighted by molar-refractivity contribution is 0.102. The minimum Gasteiger partial charge on any atom is -0.361 e. The van der Waals surface area contributed by atoms with Gasteiger partial charge in [-0.2, -0.15) is 0 Å². The quantitative estimate of drug-likeness (QED) is 0.525. The van der Waals surface area contributed by atoms with Crippen molar-refractivity contribution in [3.05, 3.63) is 60.6 Å². The zero-order chi connectivity index (χ0) is 14.2. The van der Waals surface area contributed by atoms with Crippen LogP contribution in [0.4, 0.5) is 5.69 Å². The molecule has 102 valence electrons. The first-order valence-corrected chi connectivity index (χ1v) is 6.62. The molecule has 0 saturated heterocycles. The van der Waals surface area contributed by atoms with E-state index in [1.807, 2.05) is 48.7 Å². The second kappa shape index (κ2) is 4.49. The molecule has 4 rings (SSSR count). The van der Waals surface area contributed by atoms with Crippen LogP contribution in [0.2, 0.25) is 0 Å². The van der Waals surface area contributed by atoms with Gasteiger partial charge in [-0.25, -0.2) is 4.98 Å². The van der Waals surface area contributed by atoms with Gasteiger partial charge in [-0.1, -0.05) is 12.1 Å². The first-order chi connectivity index (χ1) is 10.3. The molecule has 0 bridgehead atoms. The molecule has 1 amide bonds. The van der Waals surface area contributed by atoms with E-state index in [0.29, 0.717) is 5.56 Å². The Hall–Kier alpha value is -3.08. The minimum absolute atomic E-state index is 0.137. The Balaban J connectivity index is 1.70. The first-order valence-electron chi connectivity index (χ1n) is 6.62. The number of hydrogen-bond acceptors (Lipinski definition) is 2. The van der Waals surface area contributed by atoms with Crippen molar-refractivity contribution in [2.75, 3.05) is 5.32 Å². The van der Waals surface area contributed by atoms with Gasteiger partial charge in [0.2, 0.25) is 0 Å². The maximum Gasteiger partial charge on any atom is 0.257 e. The number of imidazole rings is 1. The van der Waals surface area contributed by atoms with Crippen molar-refractivity contribution in [3.63, 3.8) is 0 Å². The fraction of sp³-hybridized carbons (Fsp3) is 0. The van der Waals surface area contributed by atoms with Gasteiger partial charge in [0.15, 0.2) is 0 Å². The summed E-state index contributed by atoms with van der Waals surface area (Å²) in [6, 6.07) is 13.2. The number of hydrogen-bond donors (Lipinski definition) is 3. The van der Waals surface area contributed by atoms with E-state index in [-0.39, 0.29) is 5.91 Å². The van der Waals surface area contributed by atoms with E-state index in [4.69, 9.17) is 0 Å². The molecule has 0 spiro atoms. The van der Waals surface area contributed by atoms with Gasteiger partial charge in [0, 0.05) is 17.3 Å². The SMILES string of the molecule is O=C(Nc1ccc2nc[nH]c2c1)c1cccc2cc[nH]c12. The third-order valence-electron chi connectivity index (χ3n) is 3.51. The van der Waals surface area contributed by atoms with E-state index >= 15 is 0 Å². The first kappa shape index (κ1) is 11.7. The normalized spacial score (nSPS) is 11.0. The highest BCUT2D eigenvalue weighted by Crippen LogP contribution is 2.20. The van der Waals surface area contributed by atoms with Gasteiger partial charge in [-0.05, 0) is 30.3 Å². The number of amides is 1. The molecule has 4 aromatic rings. The summed E-state index contributed by atoms with van der Waals surface area (Å²) < 4.78 is 0. The molecular weight excluding hydrogens is 264 g/mol. The molecule has 2 heterocycles. The number of aromatic amines is 2. The van der Waals surface area contributed by atoms with E-state index in [2.05, 4.69) is 20.3 Å². The van der Waals surface area contributed by atoms with Crippen molar-refractivity contribution in [2.45, 2.75) is 0 Å². The van der Waals surface area contributed by atoms with E-state index < -0.39 is 0 Å². The largest absolute Gasteiger partial charge is 0.361 e. The minimum atomic E-state index is -0.137. The molecule has 2 aromatic carbocycles. The molecule has 0 radical (unpaired) electrons. The van der Waals surface area contributed by atoms with Crippen molar-refractivity contribution < 1.29 is 4.79 Å². The summed E-state index contributed by atoms with van der Waals surface area (Å²) in [7, 11) is 0. The van der Waals surface area contributed by atoms with Crippen molar-refractivity contribution in [1.82, 2.24) is 15.0 Å². The summed E-state index contributed by atoms with van der Waals surface area (Å²) in [5.41, 5.74) is 3.98. The van der Waals surface area contributed by atoms with Gasteiger partial charge in [0.1, 0.15) is 0 Å². The predicted octanol–water partition coefficient (Wildman–Crippen LogP) is 3.30. The molecule has 5 heteroatoms. The Morgan fingerprint density at radius 1 is 1.10 bits per heavy atom. The van der Waals surface area contributed by atoms with Gasteiger partial charge in [0.25, 0.3) is 5.91 Å². The molecule has 0 aliphatic rings. The number of benzene rings is 2. The Morgan fingerprint density at radius 2 is 2.05 bits per heavy atom. The van der Waals surface area contributed by atoms with Crippen molar-refractivity contribution in [3.8, 4) is 0 Å². The molecule has 0 fully saturated rings. The van der Waals surface area contributed by atoms with Crippen LogP contribution in [0.1, 0.15) is 10.4 Å². The molecule has 0 aliphatic heterocycles. The molecule has 2 aromatic heterocycles. The topological polar surface area (TPSA) is 73.6 Å². The van der Waals surface area contributed by atoms with Gasteiger partial charge in [-0.3, -0.25) is 4.79 Å². The fourth-order valence-electron chi connectivity index (χ4n) is 2.49. The number of carbonyl (C=O) groups is 1. The van der Waals surface area contributed by atoms with E-state index in [9.17, 15) is 4.79 Å². The lowest BCUT2D eigenvalue weighted by atomic mass is 10.1. The van der Waals surface area contributed by atoms with Crippen LogP contribution in [0, 0.1) is 0 Å². The Bertz CT molecular complexity index is 951. The molecule has 21 heavy (non-hydrogen) atoms. The Kier molecular flexibility index (Phi) is 2.50. The number of anilines is 1. The fourth-order valence-corrected chi connectivity index (χ4v) is 2.49. The van der Waals surface area contributed by atoms with Crippen LogP contribution in [0.25, 0.3) is 21.9 Å². The van der Waals surface area contributed by atoms with Crippen LogP contribution < -0.4 is 5.32 Å². The van der Waals surface area contributed by atoms with Crippen molar-refractivity contribution in [1.29, 1.82) is 0 Å². The molecule has 0 aliphatic carbocycles. The maximum absolute atomic E-state index is 12.4. The van der Waals surface area contributed by atoms with Crippen LogP contribution >= 0.6 is 0 Å². The van der Waals surface area contributed by atoms with Crippen LogP contribution in [-0.4, -0.2) is 20.9 Å². The average molecular weight is 276 g/mol. The number of fused-ring (bicyclic) bond motifs is 2. The lowest BCUT2D eigenvalue weighted by Crippen LogP contribution is -2.12. The second-order valence-electron chi connectivity index (χ2n) is 4.84. The number of H-pyrrole nitrogens is 2. The van der Waals surface area contributed by atoms with Crippen LogP contribution in [0.3, 0.4) is 0 Å². The maximum atomic E-state index is 12.4. The monoisotopic (exact) mass is 276 g/mol. The zero-order valence-electron chi connectivity index (χ0n) is 11.1. The Morgan fingerprint density at radius 3 is 3.00 bits per heavy atom. The van der Waals surface area contributed by atoms with E-state index in [1.165, 1.54) is 0 Å². The zero-order valence-corrected chi connectivity index (χ0v) is 11.1. The summed E-state index contributed by atoms with van der Waals surface area (Å²) in [6.07, 6.45) is 3.47. The van der Waals surface area contributed by atoms with Gasteiger partial charge in [0.05, 0.1) is 28.4 Å². The van der Waals surface area contributed by atoms with E-state index in [1.54, 1.807) is 6.33 Å². The number of nitrogens with one attached hydrogen (secondary N) is 3. The summed E-state index contributed by atoms with van der Waals surface area (Å²) in [6.45, 7) is 0. The number of aromatic nitrogens is 3. The van der Waals surface area contributed by atoms with Crippen LogP contribution in [-0.2, 0) is 0 Å².